The molecule has 1 aliphatic rings. The second-order valence-electron chi connectivity index (χ2n) is 9.48. The maximum Gasteiger partial charge on any atom is 0.258 e. The van der Waals surface area contributed by atoms with E-state index in [4.69, 9.17) is 0 Å². The number of aromatic nitrogens is 5. The summed E-state index contributed by atoms with van der Waals surface area (Å²) < 4.78 is 1.93. The zero-order chi connectivity index (χ0) is 21.5. The second-order valence-corrected chi connectivity index (χ2v) is 9.48. The molecule has 30 heavy (non-hydrogen) atoms. The van der Waals surface area contributed by atoms with E-state index in [-0.39, 0.29) is 17.1 Å². The summed E-state index contributed by atoms with van der Waals surface area (Å²) in [5, 5.41) is 13.9. The van der Waals surface area contributed by atoms with Crippen molar-refractivity contribution >= 4 is 10.9 Å². The summed E-state index contributed by atoms with van der Waals surface area (Å²) in [4.78, 5) is 17.8. The van der Waals surface area contributed by atoms with Crippen LogP contribution < -0.4 is 10.5 Å². The molecule has 160 valence electrons. The fourth-order valence-electron chi connectivity index (χ4n) is 4.53. The van der Waals surface area contributed by atoms with Gasteiger partial charge in [0.15, 0.2) is 6.04 Å². The van der Waals surface area contributed by atoms with E-state index in [2.05, 4.69) is 60.3 Å². The largest absolute Gasteiger partial charge is 0.322 e. The molecular weight excluding hydrogens is 376 g/mol. The lowest BCUT2D eigenvalue weighted by Crippen LogP contribution is -3.13. The number of likely N-dealkylation sites (tertiary alicyclic amines) is 1. The molecule has 2 aromatic heterocycles. The summed E-state index contributed by atoms with van der Waals surface area (Å²) in [6, 6.07) is 7.98. The molecule has 7 heteroatoms. The number of para-hydroxylation sites is 1. The Hall–Kier alpha value is -2.54. The van der Waals surface area contributed by atoms with E-state index in [9.17, 15) is 4.79 Å². The first-order valence-electron chi connectivity index (χ1n) is 11.1. The van der Waals surface area contributed by atoms with Gasteiger partial charge in [-0.25, -0.2) is 4.68 Å². The Bertz CT molecular complexity index is 1090. The fourth-order valence-corrected chi connectivity index (χ4v) is 4.53. The van der Waals surface area contributed by atoms with Gasteiger partial charge in [0.05, 0.1) is 29.7 Å². The molecule has 0 spiro atoms. The van der Waals surface area contributed by atoms with Crippen LogP contribution in [0.2, 0.25) is 0 Å². The van der Waals surface area contributed by atoms with E-state index in [0.717, 1.165) is 66.1 Å². The molecule has 0 radical (unpaired) electrons. The highest BCUT2D eigenvalue weighted by atomic mass is 16.1. The van der Waals surface area contributed by atoms with Crippen LogP contribution in [0.15, 0.2) is 29.1 Å². The van der Waals surface area contributed by atoms with Crippen molar-refractivity contribution < 1.29 is 4.90 Å². The van der Waals surface area contributed by atoms with Gasteiger partial charge in [-0.2, -0.15) is 0 Å². The molecule has 0 amide bonds. The first-order valence-corrected chi connectivity index (χ1v) is 11.1. The van der Waals surface area contributed by atoms with Crippen molar-refractivity contribution in [2.45, 2.75) is 65.5 Å². The maximum atomic E-state index is 13.3. The molecule has 1 aromatic carbocycles. The van der Waals surface area contributed by atoms with Gasteiger partial charge in [0.1, 0.15) is 0 Å². The molecule has 0 unspecified atom stereocenters. The van der Waals surface area contributed by atoms with Crippen LogP contribution in [0.25, 0.3) is 10.9 Å². The zero-order valence-corrected chi connectivity index (χ0v) is 18.7. The number of hydrogen-bond acceptors (Lipinski definition) is 4. The predicted molar refractivity (Wildman–Crippen MR) is 118 cm³/mol. The maximum absolute atomic E-state index is 13.3. The van der Waals surface area contributed by atoms with Crippen LogP contribution in [0.3, 0.4) is 0 Å². The van der Waals surface area contributed by atoms with Gasteiger partial charge in [-0.1, -0.05) is 32.0 Å². The van der Waals surface area contributed by atoms with Crippen LogP contribution in [-0.4, -0.2) is 38.3 Å². The number of fused-ring (bicyclic) bond motifs is 1. The van der Waals surface area contributed by atoms with Crippen LogP contribution in [0, 0.1) is 12.8 Å². The van der Waals surface area contributed by atoms with Gasteiger partial charge in [0.2, 0.25) is 5.82 Å². The number of aryl methyl sites for hydroxylation is 1. The van der Waals surface area contributed by atoms with Crippen LogP contribution in [-0.2, 0) is 5.54 Å². The molecule has 3 heterocycles. The Balaban J connectivity index is 1.90. The average molecular weight is 410 g/mol. The molecule has 0 bridgehead atoms. The van der Waals surface area contributed by atoms with E-state index in [1.165, 1.54) is 4.90 Å². The first-order chi connectivity index (χ1) is 14.3. The van der Waals surface area contributed by atoms with E-state index in [0.29, 0.717) is 0 Å². The summed E-state index contributed by atoms with van der Waals surface area (Å²) in [5.41, 5.74) is 2.46. The number of quaternary nitrogens is 1. The molecule has 0 aliphatic carbocycles. The van der Waals surface area contributed by atoms with Crippen molar-refractivity contribution in [3.8, 4) is 0 Å². The number of tetrazole rings is 1. The highest BCUT2D eigenvalue weighted by molar-refractivity contribution is 5.82. The van der Waals surface area contributed by atoms with E-state index in [1.54, 1.807) is 0 Å². The molecule has 2 N–H and O–H groups in total. The third-order valence-corrected chi connectivity index (χ3v) is 6.94. The number of rotatable bonds is 5. The lowest BCUT2D eigenvalue weighted by Gasteiger charge is -2.34. The fraction of sp³-hybridized carbons (Fsp3) is 0.565. The standard InChI is InChI=1S/C23H32N6O/c1-6-23(4,5)29-21(25-26-27-29)20(28-12-10-15(2)11-13-28)18-14-17-9-7-8-16(3)19(17)24-22(18)30/h7-9,14-15,20H,6,10-13H2,1-5H3,(H,24,30)/p+1/t20-/m1/s1. The summed E-state index contributed by atoms with van der Waals surface area (Å²) in [6.45, 7) is 12.8. The molecule has 7 nitrogen and oxygen atoms in total. The van der Waals surface area contributed by atoms with Crippen LogP contribution >= 0.6 is 0 Å². The van der Waals surface area contributed by atoms with Gasteiger partial charge in [-0.3, -0.25) is 4.79 Å². The normalized spacial score (nSPS) is 21.1. The number of benzene rings is 1. The van der Waals surface area contributed by atoms with Crippen LogP contribution in [0.5, 0.6) is 0 Å². The predicted octanol–water partition coefficient (Wildman–Crippen LogP) is 2.37. The van der Waals surface area contributed by atoms with E-state index in [1.807, 2.05) is 23.7 Å². The quantitative estimate of drug-likeness (QED) is 0.678. The van der Waals surface area contributed by atoms with Gasteiger partial charge < -0.3 is 9.88 Å². The summed E-state index contributed by atoms with van der Waals surface area (Å²) in [5.74, 6) is 1.50. The Morgan fingerprint density at radius 3 is 2.73 bits per heavy atom. The molecule has 1 aliphatic heterocycles. The van der Waals surface area contributed by atoms with E-state index < -0.39 is 0 Å². The summed E-state index contributed by atoms with van der Waals surface area (Å²) >= 11 is 0. The van der Waals surface area contributed by atoms with Gasteiger partial charge in [-0.15, -0.1) is 5.10 Å². The van der Waals surface area contributed by atoms with Crippen molar-refractivity contribution in [3.63, 3.8) is 0 Å². The lowest BCUT2D eigenvalue weighted by atomic mass is 9.94. The minimum Gasteiger partial charge on any atom is -0.322 e. The van der Waals surface area contributed by atoms with Gasteiger partial charge in [-0.05, 0) is 73.4 Å². The minimum absolute atomic E-state index is 0.0447. The molecule has 4 rings (SSSR count). The van der Waals surface area contributed by atoms with Crippen molar-refractivity contribution in [3.05, 3.63) is 51.6 Å². The average Bonchev–Trinajstić information content (AvgIpc) is 3.21. The monoisotopic (exact) mass is 409 g/mol. The molecule has 3 aromatic rings. The number of aromatic amines is 1. The number of H-pyrrole nitrogens is 1. The number of pyridine rings is 1. The van der Waals surface area contributed by atoms with Gasteiger partial charge in [0, 0.05) is 0 Å². The molecule has 0 saturated carbocycles. The highest BCUT2D eigenvalue weighted by Gasteiger charge is 2.38. The number of hydrogen-bond donors (Lipinski definition) is 2. The summed E-state index contributed by atoms with van der Waals surface area (Å²) in [7, 11) is 0. The molecule has 1 atom stereocenters. The Kier molecular flexibility index (Phi) is 5.49. The number of nitrogens with zero attached hydrogens (tertiary/aromatic N) is 4. The lowest BCUT2D eigenvalue weighted by molar-refractivity contribution is -0.932. The molecular formula is C23H33N6O+. The molecule has 1 fully saturated rings. The van der Waals surface area contributed by atoms with Gasteiger partial charge >= 0.3 is 0 Å². The topological polar surface area (TPSA) is 80.9 Å². The Labute approximate surface area is 177 Å². The number of nitrogens with one attached hydrogen (secondary N) is 2. The van der Waals surface area contributed by atoms with Crippen LogP contribution in [0.1, 0.15) is 70.0 Å². The highest BCUT2D eigenvalue weighted by Crippen LogP contribution is 2.26. The third-order valence-electron chi connectivity index (χ3n) is 6.94. The van der Waals surface area contributed by atoms with Crippen molar-refractivity contribution in [1.82, 2.24) is 25.2 Å². The smallest absolute Gasteiger partial charge is 0.258 e. The van der Waals surface area contributed by atoms with E-state index >= 15 is 0 Å². The van der Waals surface area contributed by atoms with Crippen molar-refractivity contribution in [2.24, 2.45) is 5.92 Å². The zero-order valence-electron chi connectivity index (χ0n) is 18.7. The summed E-state index contributed by atoms with van der Waals surface area (Å²) in [6.07, 6.45) is 3.20. The SMILES string of the molecule is CCC(C)(C)n1nnnc1[C@@H](c1cc2cccc(C)c2[nH]c1=O)[NH+]1CCC(C)CC1. The van der Waals surface area contributed by atoms with Crippen LogP contribution in [0.4, 0.5) is 0 Å². The van der Waals surface area contributed by atoms with Crippen molar-refractivity contribution in [1.29, 1.82) is 0 Å². The Morgan fingerprint density at radius 1 is 1.30 bits per heavy atom. The number of piperidine rings is 1. The van der Waals surface area contributed by atoms with Crippen molar-refractivity contribution in [2.75, 3.05) is 13.1 Å². The minimum atomic E-state index is -0.222. The second kappa shape index (κ2) is 7.95. The third kappa shape index (κ3) is 3.67. The van der Waals surface area contributed by atoms with Gasteiger partial charge in [0.25, 0.3) is 5.56 Å². The Morgan fingerprint density at radius 2 is 2.03 bits per heavy atom. The first kappa shape index (κ1) is 20.7. The molecule has 1 saturated heterocycles.